The van der Waals surface area contributed by atoms with Crippen molar-refractivity contribution in [1.29, 1.82) is 5.26 Å². The Morgan fingerprint density at radius 1 is 1.10 bits per heavy atom. The van der Waals surface area contributed by atoms with Crippen molar-refractivity contribution >= 4 is 0 Å². The summed E-state index contributed by atoms with van der Waals surface area (Å²) < 4.78 is 5.74. The minimum atomic E-state index is 0.626. The first kappa shape index (κ1) is 15.1. The van der Waals surface area contributed by atoms with Crippen LogP contribution >= 0.6 is 0 Å². The van der Waals surface area contributed by atoms with E-state index in [1.165, 1.54) is 11.1 Å². The van der Waals surface area contributed by atoms with Crippen LogP contribution in [0.25, 0.3) is 0 Å². The molecule has 3 nitrogen and oxygen atoms in total. The molecule has 2 aromatic rings. The van der Waals surface area contributed by atoms with Crippen LogP contribution in [0.2, 0.25) is 0 Å². The quantitative estimate of drug-likeness (QED) is 0.825. The molecule has 0 heterocycles. The van der Waals surface area contributed by atoms with Gasteiger partial charge in [-0.25, -0.2) is 0 Å². The second kappa shape index (κ2) is 7.47. The molecule has 0 aromatic heterocycles. The molecule has 2 aromatic carbocycles. The van der Waals surface area contributed by atoms with Crippen molar-refractivity contribution in [2.75, 3.05) is 13.2 Å². The molecule has 0 aliphatic heterocycles. The van der Waals surface area contributed by atoms with Crippen molar-refractivity contribution in [2.45, 2.75) is 20.4 Å². The van der Waals surface area contributed by atoms with Crippen molar-refractivity contribution < 1.29 is 4.74 Å². The van der Waals surface area contributed by atoms with E-state index in [9.17, 15) is 0 Å². The normalized spacial score (nSPS) is 10.1. The lowest BCUT2D eigenvalue weighted by Crippen LogP contribution is -2.20. The molecule has 0 aliphatic rings. The minimum absolute atomic E-state index is 0.626. The summed E-state index contributed by atoms with van der Waals surface area (Å²) in [6, 6.07) is 16.0. The van der Waals surface area contributed by atoms with Crippen molar-refractivity contribution in [2.24, 2.45) is 0 Å². The Morgan fingerprint density at radius 2 is 1.86 bits per heavy atom. The Labute approximate surface area is 126 Å². The number of aryl methyl sites for hydroxylation is 2. The lowest BCUT2D eigenvalue weighted by molar-refractivity contribution is 0.313. The van der Waals surface area contributed by atoms with E-state index in [1.807, 2.05) is 36.4 Å². The Morgan fingerprint density at radius 3 is 2.57 bits per heavy atom. The SMILES string of the molecule is Cc1cc(C)cc(OCCNCc2cccc(C#N)c2)c1. The summed E-state index contributed by atoms with van der Waals surface area (Å²) in [5.41, 5.74) is 4.23. The molecule has 0 saturated heterocycles. The van der Waals surface area contributed by atoms with Crippen LogP contribution in [0.3, 0.4) is 0 Å². The van der Waals surface area contributed by atoms with E-state index in [0.29, 0.717) is 12.2 Å². The fourth-order valence-electron chi connectivity index (χ4n) is 2.24. The number of hydrogen-bond acceptors (Lipinski definition) is 3. The first-order valence-electron chi connectivity index (χ1n) is 7.08. The Hall–Kier alpha value is -2.31. The maximum Gasteiger partial charge on any atom is 0.119 e. The van der Waals surface area contributed by atoms with Crippen LogP contribution in [0.15, 0.2) is 42.5 Å². The first-order chi connectivity index (χ1) is 10.2. The summed E-state index contributed by atoms with van der Waals surface area (Å²) in [6.07, 6.45) is 0. The fourth-order valence-corrected chi connectivity index (χ4v) is 2.24. The molecule has 0 atom stereocenters. The number of nitrogens with zero attached hydrogens (tertiary/aromatic N) is 1. The van der Waals surface area contributed by atoms with Crippen molar-refractivity contribution in [1.82, 2.24) is 5.32 Å². The van der Waals surface area contributed by atoms with Gasteiger partial charge in [-0.2, -0.15) is 5.26 Å². The first-order valence-corrected chi connectivity index (χ1v) is 7.08. The zero-order valence-corrected chi connectivity index (χ0v) is 12.5. The van der Waals surface area contributed by atoms with Gasteiger partial charge < -0.3 is 10.1 Å². The van der Waals surface area contributed by atoms with Crippen LogP contribution in [0.4, 0.5) is 0 Å². The maximum atomic E-state index is 8.85. The monoisotopic (exact) mass is 280 g/mol. The predicted molar refractivity (Wildman–Crippen MR) is 84.3 cm³/mol. The van der Waals surface area contributed by atoms with Gasteiger partial charge in [0, 0.05) is 13.1 Å². The molecule has 0 unspecified atom stereocenters. The molecule has 3 heteroatoms. The van der Waals surface area contributed by atoms with Crippen molar-refractivity contribution in [3.8, 4) is 11.8 Å². The third-order valence-electron chi connectivity index (χ3n) is 3.13. The van der Waals surface area contributed by atoms with Crippen LogP contribution in [0.1, 0.15) is 22.3 Å². The summed E-state index contributed by atoms with van der Waals surface area (Å²) in [5.74, 6) is 0.917. The van der Waals surface area contributed by atoms with E-state index in [0.717, 1.165) is 24.4 Å². The molecular weight excluding hydrogens is 260 g/mol. The summed E-state index contributed by atoms with van der Waals surface area (Å²) in [5, 5.41) is 12.2. The average Bonchev–Trinajstić information content (AvgIpc) is 2.46. The number of hydrogen-bond donors (Lipinski definition) is 1. The highest BCUT2D eigenvalue weighted by Crippen LogP contribution is 2.15. The van der Waals surface area contributed by atoms with E-state index in [4.69, 9.17) is 10.00 Å². The van der Waals surface area contributed by atoms with Gasteiger partial charge in [-0.3, -0.25) is 0 Å². The minimum Gasteiger partial charge on any atom is -0.492 e. The second-order valence-electron chi connectivity index (χ2n) is 5.16. The highest BCUT2D eigenvalue weighted by atomic mass is 16.5. The van der Waals surface area contributed by atoms with Crippen LogP contribution < -0.4 is 10.1 Å². The van der Waals surface area contributed by atoms with Gasteiger partial charge in [0.15, 0.2) is 0 Å². The Bertz CT molecular complexity index is 624. The maximum absolute atomic E-state index is 8.85. The van der Waals surface area contributed by atoms with E-state index >= 15 is 0 Å². The topological polar surface area (TPSA) is 45.0 Å². The van der Waals surface area contributed by atoms with Crippen LogP contribution in [-0.4, -0.2) is 13.2 Å². The van der Waals surface area contributed by atoms with Gasteiger partial charge in [0.1, 0.15) is 12.4 Å². The van der Waals surface area contributed by atoms with Crippen molar-refractivity contribution in [3.05, 3.63) is 64.7 Å². The molecule has 1 N–H and O–H groups in total. The second-order valence-corrected chi connectivity index (χ2v) is 5.16. The van der Waals surface area contributed by atoms with E-state index in [2.05, 4.69) is 31.3 Å². The van der Waals surface area contributed by atoms with E-state index < -0.39 is 0 Å². The largest absolute Gasteiger partial charge is 0.492 e. The van der Waals surface area contributed by atoms with Crippen molar-refractivity contribution in [3.63, 3.8) is 0 Å². The van der Waals surface area contributed by atoms with Crippen LogP contribution in [-0.2, 0) is 6.54 Å². The number of ether oxygens (including phenoxy) is 1. The summed E-state index contributed by atoms with van der Waals surface area (Å²) in [6.45, 7) is 6.27. The lowest BCUT2D eigenvalue weighted by atomic mass is 10.1. The molecule has 0 radical (unpaired) electrons. The molecular formula is C18H20N2O. The zero-order chi connectivity index (χ0) is 15.1. The fraction of sp³-hybridized carbons (Fsp3) is 0.278. The van der Waals surface area contributed by atoms with E-state index in [1.54, 1.807) is 0 Å². The lowest BCUT2D eigenvalue weighted by Gasteiger charge is -2.09. The Balaban J connectivity index is 1.73. The highest BCUT2D eigenvalue weighted by Gasteiger charge is 1.98. The van der Waals surface area contributed by atoms with Gasteiger partial charge in [0.2, 0.25) is 0 Å². The van der Waals surface area contributed by atoms with Crippen LogP contribution in [0.5, 0.6) is 5.75 Å². The van der Waals surface area contributed by atoms with Gasteiger partial charge in [0.05, 0.1) is 11.6 Å². The third-order valence-corrected chi connectivity index (χ3v) is 3.13. The summed E-state index contributed by atoms with van der Waals surface area (Å²) >= 11 is 0. The van der Waals surface area contributed by atoms with Gasteiger partial charge in [-0.15, -0.1) is 0 Å². The standard InChI is InChI=1S/C18H20N2O/c1-14-8-15(2)10-18(9-14)21-7-6-20-13-17-5-3-4-16(11-17)12-19/h3-5,8-11,20H,6-7,13H2,1-2H3. The highest BCUT2D eigenvalue weighted by molar-refractivity contribution is 5.33. The predicted octanol–water partition coefficient (Wildman–Crippen LogP) is 3.34. The average molecular weight is 280 g/mol. The molecule has 108 valence electrons. The molecule has 0 aliphatic carbocycles. The van der Waals surface area contributed by atoms with E-state index in [-0.39, 0.29) is 0 Å². The molecule has 0 fully saturated rings. The molecule has 0 spiro atoms. The molecule has 0 bridgehead atoms. The van der Waals surface area contributed by atoms with Crippen LogP contribution in [0, 0.1) is 25.2 Å². The number of rotatable bonds is 6. The summed E-state index contributed by atoms with van der Waals surface area (Å²) in [4.78, 5) is 0. The molecule has 0 amide bonds. The van der Waals surface area contributed by atoms with Gasteiger partial charge in [-0.05, 0) is 54.8 Å². The molecule has 2 rings (SSSR count). The molecule has 0 saturated carbocycles. The smallest absolute Gasteiger partial charge is 0.119 e. The number of nitriles is 1. The molecule has 21 heavy (non-hydrogen) atoms. The zero-order valence-electron chi connectivity index (χ0n) is 12.5. The van der Waals surface area contributed by atoms with Gasteiger partial charge in [0.25, 0.3) is 0 Å². The number of nitrogens with one attached hydrogen (secondary N) is 1. The van der Waals surface area contributed by atoms with Gasteiger partial charge in [-0.1, -0.05) is 18.2 Å². The Kier molecular flexibility index (Phi) is 5.36. The van der Waals surface area contributed by atoms with Gasteiger partial charge >= 0.3 is 0 Å². The number of benzene rings is 2. The third kappa shape index (κ3) is 4.94. The summed E-state index contributed by atoms with van der Waals surface area (Å²) in [7, 11) is 0.